The van der Waals surface area contributed by atoms with Crippen molar-refractivity contribution in [3.63, 3.8) is 0 Å². The summed E-state index contributed by atoms with van der Waals surface area (Å²) in [5.74, 6) is 0. The summed E-state index contributed by atoms with van der Waals surface area (Å²) in [6.07, 6.45) is 0.692. The molecule has 0 bridgehead atoms. The zero-order valence-corrected chi connectivity index (χ0v) is 9.23. The van der Waals surface area contributed by atoms with Crippen LogP contribution in [0.2, 0.25) is 1.41 Å². The van der Waals surface area contributed by atoms with Gasteiger partial charge in [-0.3, -0.25) is 4.21 Å². The summed E-state index contributed by atoms with van der Waals surface area (Å²) in [5.41, 5.74) is 0.492. The molecule has 1 aromatic carbocycles. The lowest BCUT2D eigenvalue weighted by Gasteiger charge is -2.20. The number of rotatable bonds is 0. The van der Waals surface area contributed by atoms with Gasteiger partial charge in [0.2, 0.25) is 0 Å². The molecule has 3 heteroatoms. The van der Waals surface area contributed by atoms with Gasteiger partial charge in [0.25, 0.3) is 0 Å². The zero-order valence-electron chi connectivity index (χ0n) is 10.4. The Kier molecular flexibility index (Phi) is 1.81. The van der Waals surface area contributed by atoms with Crippen molar-refractivity contribution in [2.75, 3.05) is 11.9 Å². The molecule has 1 heterocycles. The lowest BCUT2D eigenvalue weighted by atomic mass is 10.1. The molecule has 1 aliphatic heterocycles. The van der Waals surface area contributed by atoms with Gasteiger partial charge in [0, 0.05) is 11.3 Å². The van der Waals surface area contributed by atoms with E-state index in [0.29, 0.717) is 23.5 Å². The van der Waals surface area contributed by atoms with Gasteiger partial charge in [-0.15, -0.1) is 0 Å². The highest BCUT2D eigenvalue weighted by molar-refractivity contribution is 7.86. The molecule has 0 unspecified atom stereocenters. The second kappa shape index (κ2) is 3.39. The Balaban J connectivity index is 2.64. The summed E-state index contributed by atoms with van der Waals surface area (Å²) < 4.78 is 27.7. The first kappa shape index (κ1) is 7.46. The van der Waals surface area contributed by atoms with Crippen LogP contribution >= 0.6 is 0 Å². The summed E-state index contributed by atoms with van der Waals surface area (Å²) >= 11 is 0. The van der Waals surface area contributed by atoms with Gasteiger partial charge in [0.05, 0.1) is 22.8 Å². The number of fused-ring (bicyclic) bond motifs is 1. The van der Waals surface area contributed by atoms with Crippen LogP contribution in [-0.4, -0.2) is 15.5 Å². The quantitative estimate of drug-likeness (QED) is 0.714. The van der Waals surface area contributed by atoms with E-state index in [1.807, 2.05) is 13.8 Å². The fourth-order valence-electron chi connectivity index (χ4n) is 1.51. The molecule has 1 aliphatic rings. The van der Waals surface area contributed by atoms with Crippen LogP contribution in [0.15, 0.2) is 29.1 Å². The number of hydrogen-bond donors (Lipinski definition) is 1. The number of para-hydroxylation sites is 1. The van der Waals surface area contributed by atoms with Crippen molar-refractivity contribution in [1.82, 2.24) is 0 Å². The molecule has 2 nitrogen and oxygen atoms in total. The minimum Gasteiger partial charge on any atom is -0.384 e. The minimum atomic E-state index is -1.16. The maximum atomic E-state index is 12.4. The van der Waals surface area contributed by atoms with E-state index in [1.54, 1.807) is 18.2 Å². The molecule has 1 N–H and O–H groups in total. The number of hydrogen-bond acceptors (Lipinski definition) is 2. The molecule has 0 amide bonds. The summed E-state index contributed by atoms with van der Waals surface area (Å²) in [5, 5.41) is 1.30. The molecule has 0 radical (unpaired) electrons. The van der Waals surface area contributed by atoms with Crippen LogP contribution in [0.25, 0.3) is 0 Å². The molecule has 0 saturated carbocycles. The maximum Gasteiger partial charge on any atom is 0.160 e. The molecular weight excluding hydrogens is 194 g/mol. The van der Waals surface area contributed by atoms with Gasteiger partial charge in [0.15, 0.2) is 1.41 Å². The van der Waals surface area contributed by atoms with Gasteiger partial charge in [-0.05, 0) is 32.4 Å². The van der Waals surface area contributed by atoms with Gasteiger partial charge in [-0.2, -0.15) is 0 Å². The molecule has 0 fully saturated rings. The van der Waals surface area contributed by atoms with Crippen molar-refractivity contribution in [2.24, 2.45) is 0 Å². The predicted octanol–water partition coefficient (Wildman–Crippen LogP) is 2.39. The molecular formula is C11H15NOS. The molecule has 14 heavy (non-hydrogen) atoms. The minimum absolute atomic E-state index is 0.276. The van der Waals surface area contributed by atoms with E-state index < -0.39 is 10.8 Å². The van der Waals surface area contributed by atoms with Gasteiger partial charge >= 0.3 is 0 Å². The molecule has 0 aromatic heterocycles. The largest absolute Gasteiger partial charge is 0.384 e. The van der Waals surface area contributed by atoms with Gasteiger partial charge < -0.3 is 5.31 Å². The monoisotopic (exact) mass is 211 g/mol. The van der Waals surface area contributed by atoms with Crippen LogP contribution < -0.4 is 5.31 Å². The summed E-state index contributed by atoms with van der Waals surface area (Å²) in [6.45, 7) is 4.41. The molecule has 76 valence electrons. The van der Waals surface area contributed by atoms with Crippen LogP contribution in [0.3, 0.4) is 0 Å². The number of benzene rings is 1. The van der Waals surface area contributed by atoms with Gasteiger partial charge in [-0.25, -0.2) is 0 Å². The highest BCUT2D eigenvalue weighted by Crippen LogP contribution is 2.32. The van der Waals surface area contributed by atoms with E-state index in [0.717, 1.165) is 0 Å². The van der Waals surface area contributed by atoms with Crippen molar-refractivity contribution >= 4 is 16.5 Å². The Morgan fingerprint density at radius 2 is 2.43 bits per heavy atom. The second-order valence-electron chi connectivity index (χ2n) is 4.04. The Bertz CT molecular complexity index is 448. The first-order valence-electron chi connectivity index (χ1n) is 5.66. The Hall–Kier alpha value is -0.830. The van der Waals surface area contributed by atoms with Crippen LogP contribution in [0.1, 0.15) is 21.6 Å². The second-order valence-corrected chi connectivity index (χ2v) is 6.13. The fourth-order valence-corrected chi connectivity index (χ4v) is 2.89. The van der Waals surface area contributed by atoms with E-state index >= 15 is 0 Å². The Labute approximate surface area is 90.0 Å². The lowest BCUT2D eigenvalue weighted by molar-refractivity contribution is 0.608. The van der Waals surface area contributed by atoms with Crippen molar-refractivity contribution in [2.45, 2.75) is 29.9 Å². The van der Waals surface area contributed by atoms with Crippen LogP contribution in [0.5, 0.6) is 0 Å². The SMILES string of the molecule is [2H]c1cccc2c1N([2H])CCC(C)(C)[S@]2=O. The number of nitrogens with one attached hydrogen (secondary N) is 1. The van der Waals surface area contributed by atoms with Crippen molar-refractivity contribution < 1.29 is 6.99 Å². The third-order valence-electron chi connectivity index (χ3n) is 2.48. The van der Waals surface area contributed by atoms with Crippen LogP contribution in [0.4, 0.5) is 5.69 Å². The average Bonchev–Trinajstić information content (AvgIpc) is 2.31. The topological polar surface area (TPSA) is 29.1 Å². The van der Waals surface area contributed by atoms with Crippen LogP contribution in [-0.2, 0) is 10.8 Å². The Morgan fingerprint density at radius 3 is 3.21 bits per heavy atom. The highest BCUT2D eigenvalue weighted by Gasteiger charge is 2.30. The normalized spacial score (nSPS) is 27.3. The predicted molar refractivity (Wildman–Crippen MR) is 60.0 cm³/mol. The summed E-state index contributed by atoms with van der Waals surface area (Å²) in [4.78, 5) is 0.616. The molecule has 2 rings (SSSR count). The molecule has 0 spiro atoms. The van der Waals surface area contributed by atoms with E-state index in [-0.39, 0.29) is 10.8 Å². The maximum absolute atomic E-state index is 12.4. The number of anilines is 1. The third-order valence-corrected chi connectivity index (χ3v) is 4.42. The summed E-state index contributed by atoms with van der Waals surface area (Å²) in [7, 11) is -1.16. The lowest BCUT2D eigenvalue weighted by Crippen LogP contribution is -2.26. The molecule has 1 atom stereocenters. The smallest absolute Gasteiger partial charge is 0.160 e. The fraction of sp³-hybridized carbons (Fsp3) is 0.455. The summed E-state index contributed by atoms with van der Waals surface area (Å²) in [6, 6.07) is 5.40. The first-order chi connectivity index (χ1) is 7.43. The van der Waals surface area contributed by atoms with E-state index in [4.69, 9.17) is 2.78 Å². The highest BCUT2D eigenvalue weighted by atomic mass is 32.2. The van der Waals surface area contributed by atoms with Crippen molar-refractivity contribution in [3.05, 3.63) is 24.2 Å². The van der Waals surface area contributed by atoms with Crippen molar-refractivity contribution in [3.8, 4) is 0 Å². The van der Waals surface area contributed by atoms with Gasteiger partial charge in [-0.1, -0.05) is 12.1 Å². The Morgan fingerprint density at radius 1 is 1.64 bits per heavy atom. The van der Waals surface area contributed by atoms with Crippen LogP contribution in [0, 0.1) is 0 Å². The van der Waals surface area contributed by atoms with E-state index in [1.165, 1.54) is 5.31 Å². The van der Waals surface area contributed by atoms with Crippen molar-refractivity contribution in [1.29, 1.82) is 0 Å². The average molecular weight is 211 g/mol. The zero-order chi connectivity index (χ0) is 11.9. The molecule has 0 saturated heterocycles. The first-order valence-corrected chi connectivity index (χ1v) is 5.86. The van der Waals surface area contributed by atoms with E-state index in [9.17, 15) is 4.21 Å². The third kappa shape index (κ3) is 1.57. The molecule has 0 aliphatic carbocycles. The molecule has 1 aromatic rings. The van der Waals surface area contributed by atoms with E-state index in [2.05, 4.69) is 0 Å². The van der Waals surface area contributed by atoms with Gasteiger partial charge in [0.1, 0.15) is 0 Å². The standard InChI is InChI=1S/C11H15NOS/c1-11(2)7-8-12-9-5-3-4-6-10(9)14(11)13/h3-6,12H,7-8H2,1-2H3/t14-/m0/s1/i5D/hD.